The van der Waals surface area contributed by atoms with Gasteiger partial charge in [0.15, 0.2) is 7.11 Å². The van der Waals surface area contributed by atoms with Crippen LogP contribution in [0.15, 0.2) is 42.6 Å². The zero-order chi connectivity index (χ0) is 28.5. The first-order valence-corrected chi connectivity index (χ1v) is 12.3. The van der Waals surface area contributed by atoms with Gasteiger partial charge in [0.25, 0.3) is 29.8 Å². The van der Waals surface area contributed by atoms with Crippen LogP contribution in [0.25, 0.3) is 0 Å². The standard InChI is InChI=1S/C25H27N5O8S/c1-14-8-19(23(33)26-11-15-6-5-7-17(31)9-15)39-21(14)24(34)28-18(25(35)37-3)12-27-22(32)16-10-20(36-2)29-30(13-16)38-4/h5-10,13,18H,11-12H2,1-4H3,(H3-,26,27,28,31,32,33,34)/p+1/t18-/m0/s1. The third-order valence-corrected chi connectivity index (χ3v) is 6.59. The Bertz CT molecular complexity index is 1350. The molecule has 0 saturated carbocycles. The molecule has 2 heterocycles. The molecule has 206 valence electrons. The number of thiophene rings is 1. The van der Waals surface area contributed by atoms with Crippen molar-refractivity contribution in [2.45, 2.75) is 19.5 Å². The zero-order valence-corrected chi connectivity index (χ0v) is 22.5. The molecule has 0 bridgehead atoms. The lowest BCUT2D eigenvalue weighted by molar-refractivity contribution is -0.930. The third kappa shape index (κ3) is 7.64. The largest absolute Gasteiger partial charge is 0.508 e. The average molecular weight is 559 g/mol. The van der Waals surface area contributed by atoms with Gasteiger partial charge in [-0.1, -0.05) is 12.1 Å². The summed E-state index contributed by atoms with van der Waals surface area (Å²) in [5.74, 6) is -2.16. The molecule has 2 aromatic heterocycles. The van der Waals surface area contributed by atoms with Crippen LogP contribution in [0.1, 0.15) is 40.8 Å². The van der Waals surface area contributed by atoms with Gasteiger partial charge in [-0.3, -0.25) is 14.4 Å². The van der Waals surface area contributed by atoms with E-state index in [9.17, 15) is 24.3 Å². The highest BCUT2D eigenvalue weighted by atomic mass is 32.1. The minimum atomic E-state index is -1.21. The Morgan fingerprint density at radius 1 is 1.05 bits per heavy atom. The number of aryl methyl sites for hydroxylation is 1. The number of esters is 1. The lowest BCUT2D eigenvalue weighted by Crippen LogP contribution is -2.49. The number of amides is 3. The third-order valence-electron chi connectivity index (χ3n) is 5.35. The van der Waals surface area contributed by atoms with Crippen molar-refractivity contribution in [3.63, 3.8) is 0 Å². The summed E-state index contributed by atoms with van der Waals surface area (Å²) in [6.45, 7) is 1.56. The molecular weight excluding hydrogens is 530 g/mol. The summed E-state index contributed by atoms with van der Waals surface area (Å²) in [5.41, 5.74) is 1.37. The Morgan fingerprint density at radius 2 is 1.82 bits per heavy atom. The normalized spacial score (nSPS) is 11.2. The van der Waals surface area contributed by atoms with E-state index in [1.165, 1.54) is 38.6 Å². The number of phenolic OH excluding ortho intramolecular Hbond substituents is 1. The van der Waals surface area contributed by atoms with E-state index in [2.05, 4.69) is 21.0 Å². The number of carbonyl (C=O) groups is 4. The smallest absolute Gasteiger partial charge is 0.330 e. The second kappa shape index (κ2) is 13.2. The predicted molar refractivity (Wildman–Crippen MR) is 137 cm³/mol. The summed E-state index contributed by atoms with van der Waals surface area (Å²) in [5, 5.41) is 21.4. The van der Waals surface area contributed by atoms with Crippen molar-refractivity contribution in [3.05, 3.63) is 69.0 Å². The minimum absolute atomic E-state index is 0.0862. The molecule has 0 spiro atoms. The fourth-order valence-electron chi connectivity index (χ4n) is 3.37. The van der Waals surface area contributed by atoms with Crippen LogP contribution in [-0.2, 0) is 16.1 Å². The SMILES string of the molecule is COC(=O)[C@H](CNC(=O)c1cc(OC)n[n+](OC)c1)NC(=O)c1sc(C(=O)NCc2cccc(O)c2)cc1C. The molecule has 1 aromatic carbocycles. The van der Waals surface area contributed by atoms with Crippen molar-refractivity contribution in [1.29, 1.82) is 0 Å². The van der Waals surface area contributed by atoms with E-state index >= 15 is 0 Å². The van der Waals surface area contributed by atoms with Gasteiger partial charge >= 0.3 is 5.97 Å². The van der Waals surface area contributed by atoms with Crippen LogP contribution in [-0.4, -0.2) is 67.8 Å². The Hall–Kier alpha value is -4.72. The maximum Gasteiger partial charge on any atom is 0.330 e. The number of hydrogen-bond donors (Lipinski definition) is 4. The number of nitrogens with zero attached hydrogens (tertiary/aromatic N) is 2. The molecule has 0 unspecified atom stereocenters. The number of phenols is 1. The summed E-state index contributed by atoms with van der Waals surface area (Å²) >= 11 is 0.954. The van der Waals surface area contributed by atoms with Gasteiger partial charge in [-0.2, -0.15) is 0 Å². The molecule has 4 N–H and O–H groups in total. The first kappa shape index (κ1) is 28.8. The molecule has 0 aliphatic carbocycles. The second-order valence-corrected chi connectivity index (χ2v) is 9.14. The number of ether oxygens (including phenoxy) is 2. The van der Waals surface area contributed by atoms with Crippen molar-refractivity contribution < 1.29 is 43.4 Å². The van der Waals surface area contributed by atoms with Crippen LogP contribution in [0.4, 0.5) is 0 Å². The van der Waals surface area contributed by atoms with Crippen LogP contribution in [0.3, 0.4) is 0 Å². The van der Waals surface area contributed by atoms with Gasteiger partial charge in [-0.15, -0.1) is 11.3 Å². The first-order chi connectivity index (χ1) is 18.6. The van der Waals surface area contributed by atoms with Gasteiger partial charge in [-0.25, -0.2) is 9.63 Å². The molecule has 39 heavy (non-hydrogen) atoms. The quantitative estimate of drug-likeness (QED) is 0.189. The van der Waals surface area contributed by atoms with E-state index < -0.39 is 29.7 Å². The van der Waals surface area contributed by atoms with E-state index in [1.807, 2.05) is 0 Å². The molecule has 0 radical (unpaired) electrons. The number of aromatic nitrogens is 2. The molecule has 13 nitrogen and oxygen atoms in total. The maximum atomic E-state index is 13.0. The Kier molecular flexibility index (Phi) is 9.75. The zero-order valence-electron chi connectivity index (χ0n) is 21.6. The maximum absolute atomic E-state index is 13.0. The lowest BCUT2D eigenvalue weighted by atomic mass is 10.2. The number of nitrogens with one attached hydrogen (secondary N) is 3. The molecular formula is C25H28N5O8S+. The Balaban J connectivity index is 1.66. The highest BCUT2D eigenvalue weighted by Gasteiger charge is 2.26. The number of carbonyl (C=O) groups excluding carboxylic acids is 4. The number of aromatic hydroxyl groups is 1. The molecule has 0 aliphatic rings. The van der Waals surface area contributed by atoms with Crippen molar-refractivity contribution in [2.75, 3.05) is 27.9 Å². The average Bonchev–Trinajstić information content (AvgIpc) is 3.34. The summed E-state index contributed by atoms with van der Waals surface area (Å²) in [6, 6.07) is 8.20. The van der Waals surface area contributed by atoms with Gasteiger partial charge in [0.05, 0.1) is 29.1 Å². The van der Waals surface area contributed by atoms with Crippen LogP contribution in [0, 0.1) is 6.92 Å². The summed E-state index contributed by atoms with van der Waals surface area (Å²) in [7, 11) is 3.89. The summed E-state index contributed by atoms with van der Waals surface area (Å²) in [6.07, 6.45) is 1.31. The molecule has 0 aliphatic heterocycles. The van der Waals surface area contributed by atoms with E-state index in [1.54, 1.807) is 25.1 Å². The van der Waals surface area contributed by atoms with E-state index in [-0.39, 0.29) is 35.2 Å². The van der Waals surface area contributed by atoms with Gasteiger partial charge in [0.1, 0.15) is 22.2 Å². The highest BCUT2D eigenvalue weighted by Crippen LogP contribution is 2.22. The molecule has 0 fully saturated rings. The van der Waals surface area contributed by atoms with Crippen molar-refractivity contribution in [1.82, 2.24) is 21.0 Å². The number of hydrogen-bond acceptors (Lipinski definition) is 10. The van der Waals surface area contributed by atoms with Crippen molar-refractivity contribution >= 4 is 35.0 Å². The molecule has 3 amide bonds. The van der Waals surface area contributed by atoms with Crippen LogP contribution in [0.5, 0.6) is 11.6 Å². The topological polar surface area (TPSA) is 169 Å². The van der Waals surface area contributed by atoms with Crippen LogP contribution >= 0.6 is 11.3 Å². The van der Waals surface area contributed by atoms with E-state index in [0.29, 0.717) is 16.0 Å². The van der Waals surface area contributed by atoms with Gasteiger partial charge in [-0.05, 0) is 36.2 Å². The summed E-state index contributed by atoms with van der Waals surface area (Å²) in [4.78, 5) is 57.2. The fourth-order valence-corrected chi connectivity index (χ4v) is 4.37. The monoisotopic (exact) mass is 558 g/mol. The molecule has 0 saturated heterocycles. The highest BCUT2D eigenvalue weighted by molar-refractivity contribution is 7.16. The van der Waals surface area contributed by atoms with Crippen molar-refractivity contribution in [3.8, 4) is 11.6 Å². The Labute approximate surface area is 227 Å². The molecule has 3 rings (SSSR count). The predicted octanol–water partition coefficient (Wildman–Crippen LogP) is 0.143. The van der Waals surface area contributed by atoms with Gasteiger partial charge in [0.2, 0.25) is 0 Å². The van der Waals surface area contributed by atoms with Gasteiger partial charge < -0.3 is 30.5 Å². The molecule has 1 atom stereocenters. The first-order valence-electron chi connectivity index (χ1n) is 11.5. The van der Waals surface area contributed by atoms with Gasteiger partial charge in [0, 0.05) is 19.2 Å². The lowest BCUT2D eigenvalue weighted by Gasteiger charge is -2.17. The molecule has 14 heteroatoms. The van der Waals surface area contributed by atoms with E-state index in [0.717, 1.165) is 23.3 Å². The van der Waals surface area contributed by atoms with Crippen LogP contribution in [0.2, 0.25) is 0 Å². The molecule has 3 aromatic rings. The number of rotatable bonds is 11. The van der Waals surface area contributed by atoms with Crippen LogP contribution < -0.4 is 30.4 Å². The van der Waals surface area contributed by atoms with Crippen molar-refractivity contribution in [2.24, 2.45) is 0 Å². The Morgan fingerprint density at radius 3 is 2.49 bits per heavy atom. The second-order valence-electron chi connectivity index (χ2n) is 8.09. The minimum Gasteiger partial charge on any atom is -0.508 e. The summed E-state index contributed by atoms with van der Waals surface area (Å²) < 4.78 is 9.82. The fraction of sp³-hybridized carbons (Fsp3) is 0.280. The number of methoxy groups -OCH3 is 2. The van der Waals surface area contributed by atoms with E-state index in [4.69, 9.17) is 14.3 Å². The number of benzene rings is 1.